The van der Waals surface area contributed by atoms with E-state index in [-0.39, 0.29) is 5.91 Å². The van der Waals surface area contributed by atoms with E-state index < -0.39 is 0 Å². The number of carbonyl (C=O) groups is 1. The number of carbonyl (C=O) groups excluding carboxylic acids is 1. The maximum Gasteiger partial charge on any atom is 0.224 e. The van der Waals surface area contributed by atoms with Crippen molar-refractivity contribution >= 4 is 23.3 Å². The van der Waals surface area contributed by atoms with Crippen LogP contribution in [0.4, 0.5) is 0 Å². The molecule has 0 spiro atoms. The van der Waals surface area contributed by atoms with Crippen molar-refractivity contribution in [2.24, 2.45) is 0 Å². The van der Waals surface area contributed by atoms with E-state index in [1.807, 2.05) is 53.7 Å². The Morgan fingerprint density at radius 1 is 1.16 bits per heavy atom. The van der Waals surface area contributed by atoms with Gasteiger partial charge >= 0.3 is 0 Å². The molecule has 5 heteroatoms. The summed E-state index contributed by atoms with van der Waals surface area (Å²) in [5, 5.41) is 0. The Labute approximate surface area is 151 Å². The van der Waals surface area contributed by atoms with Crippen molar-refractivity contribution in [3.8, 4) is 0 Å². The fraction of sp³-hybridized carbons (Fsp3) is 0.300. The molecule has 1 aromatic carbocycles. The van der Waals surface area contributed by atoms with Crippen LogP contribution in [0.3, 0.4) is 0 Å². The second-order valence-corrected chi connectivity index (χ2v) is 7.51. The lowest BCUT2D eigenvalue weighted by Crippen LogP contribution is -2.33. The van der Waals surface area contributed by atoms with Crippen molar-refractivity contribution in [3.05, 3.63) is 66.6 Å². The molecule has 25 heavy (non-hydrogen) atoms. The minimum absolute atomic E-state index is 0.247. The first-order valence-corrected chi connectivity index (χ1v) is 9.68. The quantitative estimate of drug-likeness (QED) is 0.604. The van der Waals surface area contributed by atoms with Gasteiger partial charge in [0.15, 0.2) is 0 Å². The summed E-state index contributed by atoms with van der Waals surface area (Å²) in [5.41, 5.74) is 2.01. The number of fused-ring (bicyclic) bond motifs is 1. The standard InChI is InChI=1S/C20H21N3OS/c24-20(11-13-25-18-6-2-1-3-7-18)23(16-9-10-16)15-17-14-21-19-8-4-5-12-22(17)19/h1-8,12,14,16H,9-11,13,15H2. The molecule has 2 heterocycles. The summed E-state index contributed by atoms with van der Waals surface area (Å²) in [6, 6.07) is 16.6. The highest BCUT2D eigenvalue weighted by Gasteiger charge is 2.32. The van der Waals surface area contributed by atoms with Gasteiger partial charge in [0.05, 0.1) is 18.4 Å². The van der Waals surface area contributed by atoms with Crippen molar-refractivity contribution < 1.29 is 4.79 Å². The molecule has 1 aliphatic rings. The Morgan fingerprint density at radius 2 is 1.96 bits per heavy atom. The Morgan fingerprint density at radius 3 is 2.76 bits per heavy atom. The zero-order valence-electron chi connectivity index (χ0n) is 14.0. The number of thioether (sulfide) groups is 1. The molecule has 0 aliphatic heterocycles. The smallest absolute Gasteiger partial charge is 0.224 e. The van der Waals surface area contributed by atoms with E-state index in [9.17, 15) is 4.79 Å². The Hall–Kier alpha value is -2.27. The molecule has 4 rings (SSSR count). The first-order valence-electron chi connectivity index (χ1n) is 8.69. The molecule has 0 N–H and O–H groups in total. The average Bonchev–Trinajstić information content (AvgIpc) is 3.41. The van der Waals surface area contributed by atoms with Crippen LogP contribution in [0.25, 0.3) is 5.65 Å². The molecule has 1 saturated carbocycles. The molecule has 0 saturated heterocycles. The van der Waals surface area contributed by atoms with Crippen LogP contribution in [-0.4, -0.2) is 32.0 Å². The van der Waals surface area contributed by atoms with Gasteiger partial charge in [-0.1, -0.05) is 24.3 Å². The number of pyridine rings is 1. The first-order chi connectivity index (χ1) is 12.3. The summed E-state index contributed by atoms with van der Waals surface area (Å²) in [7, 11) is 0. The van der Waals surface area contributed by atoms with Crippen LogP contribution in [0.2, 0.25) is 0 Å². The van der Waals surface area contributed by atoms with Gasteiger partial charge in [-0.05, 0) is 37.1 Å². The van der Waals surface area contributed by atoms with Crippen LogP contribution < -0.4 is 0 Å². The van der Waals surface area contributed by atoms with E-state index >= 15 is 0 Å². The largest absolute Gasteiger partial charge is 0.334 e. The first kappa shape index (κ1) is 16.2. The second-order valence-electron chi connectivity index (χ2n) is 6.34. The maximum absolute atomic E-state index is 12.8. The van der Waals surface area contributed by atoms with E-state index in [0.29, 0.717) is 19.0 Å². The number of hydrogen-bond donors (Lipinski definition) is 0. The van der Waals surface area contributed by atoms with E-state index in [0.717, 1.165) is 29.9 Å². The molecular formula is C20H21N3OS. The molecule has 0 unspecified atom stereocenters. The Bertz CT molecular complexity index is 858. The summed E-state index contributed by atoms with van der Waals surface area (Å²) in [6.45, 7) is 0.644. The van der Waals surface area contributed by atoms with Gasteiger partial charge in [-0.15, -0.1) is 11.8 Å². The summed E-state index contributed by atoms with van der Waals surface area (Å²) in [5.74, 6) is 1.07. The van der Waals surface area contributed by atoms with Crippen LogP contribution in [0.5, 0.6) is 0 Å². The van der Waals surface area contributed by atoms with E-state index in [1.165, 1.54) is 4.90 Å². The zero-order chi connectivity index (χ0) is 17.1. The monoisotopic (exact) mass is 351 g/mol. The molecular weight excluding hydrogens is 330 g/mol. The van der Waals surface area contributed by atoms with Crippen molar-refractivity contribution in [2.45, 2.75) is 36.7 Å². The maximum atomic E-state index is 12.8. The van der Waals surface area contributed by atoms with E-state index in [4.69, 9.17) is 0 Å². The molecule has 1 aliphatic carbocycles. The fourth-order valence-electron chi connectivity index (χ4n) is 3.00. The molecule has 0 atom stereocenters. The minimum Gasteiger partial charge on any atom is -0.334 e. The number of imidazole rings is 1. The van der Waals surface area contributed by atoms with E-state index in [1.54, 1.807) is 11.8 Å². The summed E-state index contributed by atoms with van der Waals surface area (Å²) in [4.78, 5) is 20.5. The van der Waals surface area contributed by atoms with Gasteiger partial charge in [0.1, 0.15) is 5.65 Å². The van der Waals surface area contributed by atoms with Crippen LogP contribution in [0.1, 0.15) is 25.0 Å². The molecule has 3 aromatic rings. The van der Waals surface area contributed by atoms with Crippen molar-refractivity contribution in [1.82, 2.24) is 14.3 Å². The molecule has 2 aromatic heterocycles. The van der Waals surface area contributed by atoms with Gasteiger partial charge in [-0.25, -0.2) is 4.98 Å². The van der Waals surface area contributed by atoms with Crippen molar-refractivity contribution in [3.63, 3.8) is 0 Å². The van der Waals surface area contributed by atoms with Crippen LogP contribution >= 0.6 is 11.8 Å². The average molecular weight is 351 g/mol. The van der Waals surface area contributed by atoms with Gasteiger partial charge in [-0.2, -0.15) is 0 Å². The van der Waals surface area contributed by atoms with Gasteiger partial charge in [0.2, 0.25) is 5.91 Å². The predicted molar refractivity (Wildman–Crippen MR) is 101 cm³/mol. The lowest BCUT2D eigenvalue weighted by Gasteiger charge is -2.22. The van der Waals surface area contributed by atoms with Crippen LogP contribution in [0.15, 0.2) is 65.8 Å². The van der Waals surface area contributed by atoms with Gasteiger partial charge in [-0.3, -0.25) is 4.79 Å². The van der Waals surface area contributed by atoms with Crippen molar-refractivity contribution in [1.29, 1.82) is 0 Å². The van der Waals surface area contributed by atoms with Gasteiger partial charge in [0.25, 0.3) is 0 Å². The molecule has 128 valence electrons. The topological polar surface area (TPSA) is 37.6 Å². The number of rotatable bonds is 7. The van der Waals surface area contributed by atoms with Crippen LogP contribution in [0, 0.1) is 0 Å². The number of aromatic nitrogens is 2. The third-order valence-corrected chi connectivity index (χ3v) is 5.48. The zero-order valence-corrected chi connectivity index (χ0v) is 14.9. The fourth-order valence-corrected chi connectivity index (χ4v) is 3.86. The molecule has 0 bridgehead atoms. The molecule has 1 amide bonds. The third kappa shape index (κ3) is 3.87. The van der Waals surface area contributed by atoms with E-state index in [2.05, 4.69) is 21.5 Å². The number of amides is 1. The molecule has 1 fully saturated rings. The summed E-state index contributed by atoms with van der Waals surface area (Å²) >= 11 is 1.74. The summed E-state index contributed by atoms with van der Waals surface area (Å²) in [6.07, 6.45) is 6.71. The summed E-state index contributed by atoms with van der Waals surface area (Å²) < 4.78 is 2.07. The number of hydrogen-bond acceptors (Lipinski definition) is 3. The Kier molecular flexibility index (Phi) is 4.74. The number of benzene rings is 1. The lowest BCUT2D eigenvalue weighted by atomic mass is 10.3. The highest BCUT2D eigenvalue weighted by molar-refractivity contribution is 7.99. The Balaban J connectivity index is 1.40. The second kappa shape index (κ2) is 7.31. The predicted octanol–water partition coefficient (Wildman–Crippen LogP) is 4.01. The van der Waals surface area contributed by atoms with Crippen molar-refractivity contribution in [2.75, 3.05) is 5.75 Å². The van der Waals surface area contributed by atoms with Gasteiger partial charge < -0.3 is 9.30 Å². The number of nitrogens with zero attached hydrogens (tertiary/aromatic N) is 3. The third-order valence-electron chi connectivity index (χ3n) is 4.46. The van der Waals surface area contributed by atoms with Gasteiger partial charge in [0, 0.05) is 29.3 Å². The minimum atomic E-state index is 0.247. The lowest BCUT2D eigenvalue weighted by molar-refractivity contribution is -0.132. The highest BCUT2D eigenvalue weighted by atomic mass is 32.2. The SMILES string of the molecule is O=C(CCSc1ccccc1)N(Cc1cnc2ccccn12)C1CC1. The molecule has 4 nitrogen and oxygen atoms in total. The molecule has 0 radical (unpaired) electrons. The highest BCUT2D eigenvalue weighted by Crippen LogP contribution is 2.29. The normalized spacial score (nSPS) is 13.9. The van der Waals surface area contributed by atoms with Crippen LogP contribution in [-0.2, 0) is 11.3 Å².